The van der Waals surface area contributed by atoms with Gasteiger partial charge in [0, 0.05) is 30.8 Å². The Morgan fingerprint density at radius 3 is 2.64 bits per heavy atom. The minimum atomic E-state index is -0.139. The minimum Gasteiger partial charge on any atom is -0.462 e. The van der Waals surface area contributed by atoms with Crippen LogP contribution in [0.4, 0.5) is 0 Å². The lowest BCUT2D eigenvalue weighted by atomic mass is 9.48. The first kappa shape index (κ1) is 17.1. The lowest BCUT2D eigenvalue weighted by Crippen LogP contribution is -2.59. The van der Waals surface area contributed by atoms with Gasteiger partial charge < -0.3 is 9.64 Å². The number of amides is 1. The molecule has 4 rings (SSSR count). The topological polar surface area (TPSA) is 46.6 Å². The fourth-order valence-corrected chi connectivity index (χ4v) is 7.08. The third-order valence-electron chi connectivity index (χ3n) is 8.35. The second kappa shape index (κ2) is 5.59. The van der Waals surface area contributed by atoms with E-state index in [1.807, 2.05) is 11.9 Å². The molecule has 0 N–H and O–H groups in total. The van der Waals surface area contributed by atoms with Crippen molar-refractivity contribution in [2.75, 3.05) is 7.05 Å². The molecule has 0 aromatic carbocycles. The molecule has 25 heavy (non-hydrogen) atoms. The lowest BCUT2D eigenvalue weighted by molar-refractivity contribution is -0.159. The number of likely N-dealkylation sites (N-methyl/N-ethyl adjacent to an activating group) is 1. The number of hydrogen-bond donors (Lipinski definition) is 0. The number of fused-ring (bicyclic) bond motifs is 5. The number of nitrogens with zero attached hydrogens (tertiary/aromatic N) is 1. The van der Waals surface area contributed by atoms with Gasteiger partial charge in [0.1, 0.15) is 6.10 Å². The number of carbonyl (C=O) groups is 2. The van der Waals surface area contributed by atoms with Gasteiger partial charge in [0.15, 0.2) is 0 Å². The van der Waals surface area contributed by atoms with Crippen LogP contribution in [-0.2, 0) is 14.3 Å². The van der Waals surface area contributed by atoms with E-state index in [0.717, 1.165) is 19.3 Å². The van der Waals surface area contributed by atoms with E-state index in [9.17, 15) is 9.59 Å². The summed E-state index contributed by atoms with van der Waals surface area (Å²) in [6.45, 7) is 6.26. The normalized spacial score (nSPS) is 48.6. The molecule has 0 radical (unpaired) electrons. The first-order valence-corrected chi connectivity index (χ1v) is 9.90. The van der Waals surface area contributed by atoms with Gasteiger partial charge in [-0.15, -0.1) is 0 Å². The summed E-state index contributed by atoms with van der Waals surface area (Å²) < 4.78 is 5.72. The predicted molar refractivity (Wildman–Crippen MR) is 95.6 cm³/mol. The van der Waals surface area contributed by atoms with Gasteiger partial charge in [-0.25, -0.2) is 0 Å². The molecule has 4 heteroatoms. The Morgan fingerprint density at radius 2 is 1.92 bits per heavy atom. The molecule has 3 saturated carbocycles. The predicted octanol–water partition coefficient (Wildman–Crippen LogP) is 3.56. The van der Waals surface area contributed by atoms with E-state index in [0.29, 0.717) is 23.8 Å². The van der Waals surface area contributed by atoms with E-state index in [1.165, 1.54) is 26.2 Å². The maximum absolute atomic E-state index is 12.1. The Labute approximate surface area is 151 Å². The van der Waals surface area contributed by atoms with Gasteiger partial charge in [-0.3, -0.25) is 9.59 Å². The summed E-state index contributed by atoms with van der Waals surface area (Å²) in [5, 5.41) is 0. The smallest absolute Gasteiger partial charge is 0.302 e. The summed E-state index contributed by atoms with van der Waals surface area (Å²) in [6, 6.07) is 0.335. The Balaban J connectivity index is 1.63. The van der Waals surface area contributed by atoms with Crippen LogP contribution in [0.15, 0.2) is 12.2 Å². The van der Waals surface area contributed by atoms with Gasteiger partial charge in [0.25, 0.3) is 0 Å². The highest BCUT2D eigenvalue weighted by Crippen LogP contribution is 2.64. The molecule has 1 amide bonds. The van der Waals surface area contributed by atoms with Crippen molar-refractivity contribution in [3.05, 3.63) is 12.2 Å². The largest absolute Gasteiger partial charge is 0.462 e. The molecule has 0 aromatic heterocycles. The summed E-state index contributed by atoms with van der Waals surface area (Å²) in [5.74, 6) is 1.97. The van der Waals surface area contributed by atoms with Crippen molar-refractivity contribution in [2.45, 2.75) is 71.4 Å². The molecule has 4 nitrogen and oxygen atoms in total. The van der Waals surface area contributed by atoms with Crippen molar-refractivity contribution in [2.24, 2.45) is 28.6 Å². The second-order valence-electron chi connectivity index (χ2n) is 9.34. The molecule has 0 aromatic rings. The van der Waals surface area contributed by atoms with E-state index in [-0.39, 0.29) is 28.8 Å². The molecule has 7 atom stereocenters. The summed E-state index contributed by atoms with van der Waals surface area (Å²) in [4.78, 5) is 25.6. The molecule has 4 aliphatic rings. The third-order valence-corrected chi connectivity index (χ3v) is 8.35. The number of hydrogen-bond acceptors (Lipinski definition) is 3. The van der Waals surface area contributed by atoms with Crippen LogP contribution in [-0.4, -0.2) is 36.0 Å². The highest BCUT2D eigenvalue weighted by Gasteiger charge is 2.61. The molecule has 0 bridgehead atoms. The Hall–Kier alpha value is -1.32. The Kier molecular flexibility index (Phi) is 3.82. The second-order valence-corrected chi connectivity index (χ2v) is 9.34. The van der Waals surface area contributed by atoms with Gasteiger partial charge in [-0.2, -0.15) is 0 Å². The van der Waals surface area contributed by atoms with Crippen molar-refractivity contribution in [1.29, 1.82) is 0 Å². The molecular formula is C21H31NO3. The molecule has 3 fully saturated rings. The Bertz CT molecular complexity index is 629. The van der Waals surface area contributed by atoms with Gasteiger partial charge in [0.2, 0.25) is 5.91 Å². The third kappa shape index (κ3) is 2.32. The average Bonchev–Trinajstić information content (AvgIpc) is 2.88. The SMILES string of the molecule is CC(=O)OC1CCC2C3CC[C@H]4N(C)C(=O)C=CC4(C)C3CCC12C. The monoisotopic (exact) mass is 345 g/mol. The fourth-order valence-electron chi connectivity index (χ4n) is 7.08. The lowest BCUT2D eigenvalue weighted by Gasteiger charge is -2.60. The van der Waals surface area contributed by atoms with Crippen LogP contribution >= 0.6 is 0 Å². The molecule has 1 aliphatic heterocycles. The number of carbonyl (C=O) groups excluding carboxylic acids is 2. The quantitative estimate of drug-likeness (QED) is 0.683. The van der Waals surface area contributed by atoms with E-state index < -0.39 is 0 Å². The van der Waals surface area contributed by atoms with Crippen LogP contribution < -0.4 is 0 Å². The van der Waals surface area contributed by atoms with Crippen molar-refractivity contribution in [1.82, 2.24) is 4.90 Å². The standard InChI is InChI=1S/C21H31NO3/c1-13(23)25-18-8-6-15-14-5-7-17-20(2,12-10-19(24)22(17)4)16(14)9-11-21(15,18)3/h10,12,14-18H,5-9,11H2,1-4H3/t14?,15?,16?,17-,18?,20?,21?/m1/s1. The van der Waals surface area contributed by atoms with Crippen LogP contribution in [0.25, 0.3) is 0 Å². The zero-order chi connectivity index (χ0) is 18.0. The maximum Gasteiger partial charge on any atom is 0.302 e. The highest BCUT2D eigenvalue weighted by atomic mass is 16.5. The number of ether oxygens (including phenoxy) is 1. The van der Waals surface area contributed by atoms with Gasteiger partial charge in [-0.1, -0.05) is 19.9 Å². The maximum atomic E-state index is 12.1. The van der Waals surface area contributed by atoms with Crippen LogP contribution in [0.3, 0.4) is 0 Å². The van der Waals surface area contributed by atoms with Crippen LogP contribution in [0.2, 0.25) is 0 Å². The molecule has 3 aliphatic carbocycles. The Morgan fingerprint density at radius 1 is 1.16 bits per heavy atom. The van der Waals surface area contributed by atoms with Crippen molar-refractivity contribution >= 4 is 11.9 Å². The van der Waals surface area contributed by atoms with Crippen LogP contribution in [0.5, 0.6) is 0 Å². The average molecular weight is 345 g/mol. The summed E-state index contributed by atoms with van der Waals surface area (Å²) >= 11 is 0. The molecule has 1 heterocycles. The van der Waals surface area contributed by atoms with Crippen LogP contribution in [0.1, 0.15) is 59.3 Å². The fraction of sp³-hybridized carbons (Fsp3) is 0.810. The van der Waals surface area contributed by atoms with E-state index in [2.05, 4.69) is 19.9 Å². The van der Waals surface area contributed by atoms with Gasteiger partial charge >= 0.3 is 5.97 Å². The molecule has 138 valence electrons. The van der Waals surface area contributed by atoms with Gasteiger partial charge in [-0.05, 0) is 62.4 Å². The minimum absolute atomic E-state index is 0.0897. The summed E-state index contributed by atoms with van der Waals surface area (Å²) in [7, 11) is 1.97. The van der Waals surface area contributed by atoms with E-state index in [1.54, 1.807) is 6.08 Å². The van der Waals surface area contributed by atoms with Crippen molar-refractivity contribution < 1.29 is 14.3 Å². The van der Waals surface area contributed by atoms with E-state index >= 15 is 0 Å². The van der Waals surface area contributed by atoms with Crippen LogP contribution in [0, 0.1) is 28.6 Å². The van der Waals surface area contributed by atoms with E-state index in [4.69, 9.17) is 4.74 Å². The molecular weight excluding hydrogens is 314 g/mol. The summed E-state index contributed by atoms with van der Waals surface area (Å²) in [5.41, 5.74) is 0.225. The summed E-state index contributed by atoms with van der Waals surface area (Å²) in [6.07, 6.45) is 10.9. The van der Waals surface area contributed by atoms with Crippen molar-refractivity contribution in [3.8, 4) is 0 Å². The molecule has 0 saturated heterocycles. The zero-order valence-electron chi connectivity index (χ0n) is 16.0. The highest BCUT2D eigenvalue weighted by molar-refractivity contribution is 5.89. The van der Waals surface area contributed by atoms with Crippen molar-refractivity contribution in [3.63, 3.8) is 0 Å². The van der Waals surface area contributed by atoms with Gasteiger partial charge in [0.05, 0.1) is 0 Å². The first-order valence-electron chi connectivity index (χ1n) is 9.90. The zero-order valence-corrected chi connectivity index (χ0v) is 16.0. The number of rotatable bonds is 1. The number of esters is 1. The first-order chi connectivity index (χ1) is 11.8. The molecule has 6 unspecified atom stereocenters. The molecule has 0 spiro atoms.